The van der Waals surface area contributed by atoms with Gasteiger partial charge in [0, 0.05) is 6.07 Å². The normalized spacial score (nSPS) is 10.5. The first kappa shape index (κ1) is 11.1. The smallest absolute Gasteiger partial charge is 0.274 e. The Kier molecular flexibility index (Phi) is 2.79. The molecule has 0 bridgehead atoms. The molecule has 88 valence electrons. The van der Waals surface area contributed by atoms with Crippen LogP contribution in [0.1, 0.15) is 11.4 Å². The molecule has 0 saturated heterocycles. The fourth-order valence-electron chi connectivity index (χ4n) is 1.56. The molecule has 8 heteroatoms. The second-order valence-corrected chi connectivity index (χ2v) is 3.39. The van der Waals surface area contributed by atoms with Crippen LogP contribution in [0.15, 0.2) is 18.2 Å². The predicted molar refractivity (Wildman–Crippen MR) is 58.4 cm³/mol. The molecule has 1 aromatic heterocycles. The lowest BCUT2D eigenvalue weighted by Gasteiger charge is -2.06. The Morgan fingerprint density at radius 3 is 2.94 bits per heavy atom. The molecule has 1 aromatic carbocycles. The molecule has 0 fully saturated rings. The molecular formula is C9H10N6O2. The van der Waals surface area contributed by atoms with E-state index in [1.54, 1.807) is 19.1 Å². The zero-order valence-electron chi connectivity index (χ0n) is 9.07. The number of nitrogens with two attached hydrogens (primary N) is 1. The lowest BCUT2D eigenvalue weighted by Crippen LogP contribution is -2.09. The van der Waals surface area contributed by atoms with E-state index in [1.807, 2.05) is 0 Å². The number of hydrogen-bond acceptors (Lipinski definition) is 6. The van der Waals surface area contributed by atoms with Crippen molar-refractivity contribution in [1.82, 2.24) is 20.2 Å². The van der Waals surface area contributed by atoms with Crippen molar-refractivity contribution in [1.29, 1.82) is 0 Å². The fraction of sp³-hybridized carbons (Fsp3) is 0.222. The Balaban J connectivity index is 2.60. The van der Waals surface area contributed by atoms with Gasteiger partial charge in [0.05, 0.1) is 22.7 Å². The summed E-state index contributed by atoms with van der Waals surface area (Å²) in [5.41, 5.74) is 6.57. The monoisotopic (exact) mass is 234 g/mol. The fourth-order valence-corrected chi connectivity index (χ4v) is 1.56. The quantitative estimate of drug-likeness (QED) is 0.605. The lowest BCUT2D eigenvalue weighted by molar-refractivity contribution is -0.385. The highest BCUT2D eigenvalue weighted by Crippen LogP contribution is 2.23. The molecule has 0 radical (unpaired) electrons. The van der Waals surface area contributed by atoms with Crippen LogP contribution < -0.4 is 5.73 Å². The second kappa shape index (κ2) is 4.26. The molecule has 0 aliphatic carbocycles. The summed E-state index contributed by atoms with van der Waals surface area (Å²) < 4.78 is 1.41. The van der Waals surface area contributed by atoms with Gasteiger partial charge in [0.1, 0.15) is 0 Å². The van der Waals surface area contributed by atoms with E-state index in [-0.39, 0.29) is 12.2 Å². The number of benzene rings is 1. The van der Waals surface area contributed by atoms with Gasteiger partial charge in [-0.3, -0.25) is 10.1 Å². The number of nitro groups is 1. The van der Waals surface area contributed by atoms with Gasteiger partial charge in [-0.15, -0.1) is 5.10 Å². The molecule has 17 heavy (non-hydrogen) atoms. The summed E-state index contributed by atoms with van der Waals surface area (Å²) in [7, 11) is 0. The van der Waals surface area contributed by atoms with Gasteiger partial charge in [-0.05, 0) is 23.4 Å². The maximum absolute atomic E-state index is 10.8. The zero-order valence-corrected chi connectivity index (χ0v) is 9.07. The molecule has 0 amide bonds. The first-order valence-electron chi connectivity index (χ1n) is 4.87. The van der Waals surface area contributed by atoms with E-state index >= 15 is 0 Å². The minimum Gasteiger partial charge on any atom is -0.324 e. The maximum atomic E-state index is 10.8. The first-order valence-corrected chi connectivity index (χ1v) is 4.87. The van der Waals surface area contributed by atoms with Gasteiger partial charge in [0.2, 0.25) is 0 Å². The molecule has 0 aliphatic heterocycles. The third kappa shape index (κ3) is 1.85. The van der Waals surface area contributed by atoms with Crippen molar-refractivity contribution in [3.8, 4) is 5.69 Å². The van der Waals surface area contributed by atoms with Crippen LogP contribution in [0.4, 0.5) is 5.69 Å². The molecule has 0 unspecified atom stereocenters. The topological polar surface area (TPSA) is 113 Å². The van der Waals surface area contributed by atoms with Gasteiger partial charge in [0.15, 0.2) is 5.82 Å². The van der Waals surface area contributed by atoms with Crippen LogP contribution in [0, 0.1) is 17.0 Å². The molecule has 2 N–H and O–H groups in total. The van der Waals surface area contributed by atoms with Gasteiger partial charge in [0.25, 0.3) is 5.69 Å². The van der Waals surface area contributed by atoms with E-state index in [1.165, 1.54) is 10.7 Å². The molecule has 2 rings (SSSR count). The first-order chi connectivity index (χ1) is 8.15. The molecule has 1 heterocycles. The third-order valence-corrected chi connectivity index (χ3v) is 2.42. The molecule has 0 spiro atoms. The Morgan fingerprint density at radius 1 is 1.53 bits per heavy atom. The minimum atomic E-state index is -0.439. The van der Waals surface area contributed by atoms with Crippen molar-refractivity contribution in [2.75, 3.05) is 0 Å². The summed E-state index contributed by atoms with van der Waals surface area (Å²) in [5, 5.41) is 21.8. The van der Waals surface area contributed by atoms with Crippen LogP contribution in [0.5, 0.6) is 0 Å². The van der Waals surface area contributed by atoms with E-state index < -0.39 is 4.92 Å². The third-order valence-electron chi connectivity index (χ3n) is 2.42. The van der Waals surface area contributed by atoms with Crippen LogP contribution in [-0.2, 0) is 6.54 Å². The second-order valence-electron chi connectivity index (χ2n) is 3.39. The van der Waals surface area contributed by atoms with E-state index in [4.69, 9.17) is 5.73 Å². The summed E-state index contributed by atoms with van der Waals surface area (Å²) in [6.07, 6.45) is 0. The summed E-state index contributed by atoms with van der Waals surface area (Å²) in [5.74, 6) is 0.452. The number of tetrazole rings is 1. The predicted octanol–water partition coefficient (Wildman–Crippen LogP) is 0.338. The SMILES string of the molecule is Cc1c(-n2nnnc2CN)cccc1[N+](=O)[O-]. The van der Waals surface area contributed by atoms with Gasteiger partial charge < -0.3 is 5.73 Å². The van der Waals surface area contributed by atoms with E-state index in [2.05, 4.69) is 15.5 Å². The van der Waals surface area contributed by atoms with Crippen molar-refractivity contribution < 1.29 is 4.92 Å². The van der Waals surface area contributed by atoms with Crippen molar-refractivity contribution in [2.45, 2.75) is 13.5 Å². The number of aromatic nitrogens is 4. The number of nitrogens with zero attached hydrogens (tertiary/aromatic N) is 5. The van der Waals surface area contributed by atoms with Crippen molar-refractivity contribution >= 4 is 5.69 Å². The highest BCUT2D eigenvalue weighted by Gasteiger charge is 2.16. The van der Waals surface area contributed by atoms with Crippen LogP contribution >= 0.6 is 0 Å². The van der Waals surface area contributed by atoms with Crippen LogP contribution in [0.25, 0.3) is 5.69 Å². The minimum absolute atomic E-state index is 0.0287. The van der Waals surface area contributed by atoms with Crippen molar-refractivity contribution in [2.24, 2.45) is 5.73 Å². The van der Waals surface area contributed by atoms with Gasteiger partial charge in [-0.1, -0.05) is 6.07 Å². The number of rotatable bonds is 3. The van der Waals surface area contributed by atoms with E-state index in [0.717, 1.165) is 0 Å². The van der Waals surface area contributed by atoms with Gasteiger partial charge in [-0.2, -0.15) is 4.68 Å². The Bertz CT molecular complexity index is 564. The Morgan fingerprint density at radius 2 is 2.29 bits per heavy atom. The average Bonchev–Trinajstić information content (AvgIpc) is 2.76. The van der Waals surface area contributed by atoms with Crippen LogP contribution in [-0.4, -0.2) is 25.1 Å². The number of hydrogen-bond donors (Lipinski definition) is 1. The molecule has 0 atom stereocenters. The largest absolute Gasteiger partial charge is 0.324 e. The standard InChI is InChI=1S/C9H10N6O2/c1-6-7(3-2-4-8(6)15(16)17)14-9(5-10)11-12-13-14/h2-4H,5,10H2,1H3. The molecule has 2 aromatic rings. The molecule has 0 aliphatic rings. The number of nitro benzene ring substituents is 1. The highest BCUT2D eigenvalue weighted by atomic mass is 16.6. The molecule has 8 nitrogen and oxygen atoms in total. The molecule has 0 saturated carbocycles. The maximum Gasteiger partial charge on any atom is 0.274 e. The average molecular weight is 234 g/mol. The summed E-state index contributed by atoms with van der Waals surface area (Å²) >= 11 is 0. The molecular weight excluding hydrogens is 224 g/mol. The lowest BCUT2D eigenvalue weighted by atomic mass is 10.1. The Labute approximate surface area is 96.2 Å². The summed E-state index contributed by atoms with van der Waals surface area (Å²) in [6.45, 7) is 1.81. The van der Waals surface area contributed by atoms with Crippen molar-refractivity contribution in [3.63, 3.8) is 0 Å². The van der Waals surface area contributed by atoms with Crippen LogP contribution in [0.3, 0.4) is 0 Å². The Hall–Kier alpha value is -2.35. The summed E-state index contributed by atoms with van der Waals surface area (Å²) in [6, 6.07) is 4.73. The zero-order chi connectivity index (χ0) is 12.4. The van der Waals surface area contributed by atoms with E-state index in [0.29, 0.717) is 17.1 Å². The van der Waals surface area contributed by atoms with Gasteiger partial charge in [-0.25, -0.2) is 0 Å². The van der Waals surface area contributed by atoms with E-state index in [9.17, 15) is 10.1 Å². The highest BCUT2D eigenvalue weighted by molar-refractivity contribution is 5.52. The van der Waals surface area contributed by atoms with Gasteiger partial charge >= 0.3 is 0 Å². The van der Waals surface area contributed by atoms with Crippen LogP contribution in [0.2, 0.25) is 0 Å². The van der Waals surface area contributed by atoms with Crippen molar-refractivity contribution in [3.05, 3.63) is 39.7 Å². The summed E-state index contributed by atoms with van der Waals surface area (Å²) in [4.78, 5) is 10.4.